The largest absolute Gasteiger partial charge is 0.493 e. The molecule has 170 valence electrons. The first-order valence-electron chi connectivity index (χ1n) is 11.0. The summed E-state index contributed by atoms with van der Waals surface area (Å²) in [4.78, 5) is 15.7. The van der Waals surface area contributed by atoms with E-state index in [4.69, 9.17) is 9.26 Å². The van der Waals surface area contributed by atoms with E-state index < -0.39 is 0 Å². The van der Waals surface area contributed by atoms with Crippen molar-refractivity contribution in [3.63, 3.8) is 0 Å². The Morgan fingerprint density at radius 3 is 2.85 bits per heavy atom. The summed E-state index contributed by atoms with van der Waals surface area (Å²) >= 11 is 0. The minimum absolute atomic E-state index is 0.0208. The van der Waals surface area contributed by atoms with Crippen LogP contribution in [0.25, 0.3) is 22.0 Å². The van der Waals surface area contributed by atoms with Crippen LogP contribution >= 0.6 is 0 Å². The number of likely N-dealkylation sites (N-methyl/N-ethyl adjacent to an activating group) is 1. The molecule has 0 spiro atoms. The van der Waals surface area contributed by atoms with Crippen LogP contribution in [-0.4, -0.2) is 47.7 Å². The summed E-state index contributed by atoms with van der Waals surface area (Å²) in [5.74, 6) is 0.00417. The van der Waals surface area contributed by atoms with Crippen molar-refractivity contribution in [1.82, 2.24) is 14.6 Å². The minimum atomic E-state index is -0.354. The Bertz CT molecular complexity index is 1340. The zero-order chi connectivity index (χ0) is 23.1. The first kappa shape index (κ1) is 21.4. The molecule has 33 heavy (non-hydrogen) atoms. The highest BCUT2D eigenvalue weighted by molar-refractivity contribution is 6.10. The number of carbonyl (C=O) groups is 1. The van der Waals surface area contributed by atoms with Gasteiger partial charge in [0.2, 0.25) is 0 Å². The Hall–Kier alpha value is -3.45. The molecule has 0 amide bonds. The molecule has 0 saturated heterocycles. The lowest BCUT2D eigenvalue weighted by Gasteiger charge is -2.24. The van der Waals surface area contributed by atoms with Crippen LogP contribution in [0.3, 0.4) is 0 Å². The van der Waals surface area contributed by atoms with Crippen LogP contribution in [-0.2, 0) is 13.0 Å². The molecule has 0 saturated carbocycles. The van der Waals surface area contributed by atoms with Crippen LogP contribution in [0.5, 0.6) is 5.75 Å². The Morgan fingerprint density at radius 1 is 1.24 bits per heavy atom. The van der Waals surface area contributed by atoms with Gasteiger partial charge < -0.3 is 18.7 Å². The predicted octanol–water partition coefficient (Wildman–Crippen LogP) is 4.74. The standard InChI is InChI=1S/C26H26FN3O3/c1-16-23(15-33-28-16)17-4-6-21-22(13-30(24(21)12-17)9-8-29(2)3)26(31)19-10-18-11-20(27)5-7-25(18)32-14-19/h4-7,11-13,15,19H,8-10,14H2,1-3H3. The summed E-state index contributed by atoms with van der Waals surface area (Å²) in [6, 6.07) is 10.6. The van der Waals surface area contributed by atoms with Gasteiger partial charge in [0, 0.05) is 41.3 Å². The van der Waals surface area contributed by atoms with Gasteiger partial charge in [0.1, 0.15) is 17.8 Å². The summed E-state index contributed by atoms with van der Waals surface area (Å²) in [6.07, 6.45) is 4.06. The highest BCUT2D eigenvalue weighted by Crippen LogP contribution is 2.33. The molecule has 0 aliphatic carbocycles. The van der Waals surface area contributed by atoms with Gasteiger partial charge in [0.25, 0.3) is 0 Å². The molecule has 5 rings (SSSR count). The van der Waals surface area contributed by atoms with Crippen molar-refractivity contribution < 1.29 is 18.4 Å². The molecule has 1 unspecified atom stereocenters. The number of carbonyl (C=O) groups excluding carboxylic acids is 1. The summed E-state index contributed by atoms with van der Waals surface area (Å²) < 4.78 is 26.8. The van der Waals surface area contributed by atoms with E-state index in [1.54, 1.807) is 12.3 Å². The maximum atomic E-state index is 13.7. The van der Waals surface area contributed by atoms with E-state index in [-0.39, 0.29) is 17.5 Å². The smallest absolute Gasteiger partial charge is 0.171 e. The zero-order valence-electron chi connectivity index (χ0n) is 19.0. The Labute approximate surface area is 191 Å². The quantitative estimate of drug-likeness (QED) is 0.400. The van der Waals surface area contributed by atoms with Gasteiger partial charge in [-0.25, -0.2) is 4.39 Å². The molecular formula is C26H26FN3O3. The number of hydrogen-bond acceptors (Lipinski definition) is 5. The fourth-order valence-corrected chi connectivity index (χ4v) is 4.47. The number of rotatable bonds is 6. The molecule has 2 aromatic heterocycles. The van der Waals surface area contributed by atoms with E-state index in [1.807, 2.05) is 39.3 Å². The molecule has 1 aliphatic rings. The molecule has 3 heterocycles. The maximum absolute atomic E-state index is 13.7. The van der Waals surface area contributed by atoms with Crippen LogP contribution in [0.4, 0.5) is 4.39 Å². The number of fused-ring (bicyclic) bond motifs is 2. The second-order valence-electron chi connectivity index (χ2n) is 8.91. The summed E-state index contributed by atoms with van der Waals surface area (Å²) in [5.41, 5.74) is 5.15. The van der Waals surface area contributed by atoms with Crippen LogP contribution in [0, 0.1) is 18.7 Å². The molecule has 0 radical (unpaired) electrons. The van der Waals surface area contributed by atoms with Crippen molar-refractivity contribution in [2.75, 3.05) is 27.2 Å². The average Bonchev–Trinajstić information content (AvgIpc) is 3.39. The number of Topliss-reactive ketones (excluding diaryl/α,β-unsaturated/α-hetero) is 1. The molecule has 2 aromatic carbocycles. The number of ketones is 1. The second-order valence-corrected chi connectivity index (χ2v) is 8.91. The molecule has 0 fully saturated rings. The lowest BCUT2D eigenvalue weighted by Crippen LogP contribution is -2.28. The lowest BCUT2D eigenvalue weighted by atomic mass is 9.89. The van der Waals surface area contributed by atoms with Gasteiger partial charge in [-0.05, 0) is 62.8 Å². The van der Waals surface area contributed by atoms with E-state index in [9.17, 15) is 9.18 Å². The number of aromatic nitrogens is 2. The Balaban J connectivity index is 1.53. The van der Waals surface area contributed by atoms with E-state index in [1.165, 1.54) is 12.1 Å². The molecular weight excluding hydrogens is 421 g/mol. The van der Waals surface area contributed by atoms with Gasteiger partial charge in [-0.1, -0.05) is 17.3 Å². The maximum Gasteiger partial charge on any atom is 0.171 e. The van der Waals surface area contributed by atoms with Crippen molar-refractivity contribution >= 4 is 16.7 Å². The molecule has 6 nitrogen and oxygen atoms in total. The molecule has 1 aliphatic heterocycles. The fraction of sp³-hybridized carbons (Fsp3) is 0.308. The summed E-state index contributed by atoms with van der Waals surface area (Å²) in [7, 11) is 4.05. The number of aryl methyl sites for hydroxylation is 1. The van der Waals surface area contributed by atoms with Crippen LogP contribution in [0.1, 0.15) is 21.6 Å². The molecule has 0 N–H and O–H groups in total. The Morgan fingerprint density at radius 2 is 2.09 bits per heavy atom. The number of nitrogens with zero attached hydrogens (tertiary/aromatic N) is 3. The molecule has 7 heteroatoms. The van der Waals surface area contributed by atoms with Crippen molar-refractivity contribution in [1.29, 1.82) is 0 Å². The van der Waals surface area contributed by atoms with Crippen LogP contribution in [0.15, 0.2) is 53.4 Å². The third-order valence-corrected chi connectivity index (χ3v) is 6.30. The first-order valence-corrected chi connectivity index (χ1v) is 11.0. The summed E-state index contributed by atoms with van der Waals surface area (Å²) in [6.45, 7) is 3.79. The normalized spacial score (nSPS) is 15.6. The SMILES string of the molecule is Cc1nocc1-c1ccc2c(C(=O)C3COc4ccc(F)cc4C3)cn(CCN(C)C)c2c1. The minimum Gasteiger partial charge on any atom is -0.493 e. The van der Waals surface area contributed by atoms with Gasteiger partial charge >= 0.3 is 0 Å². The van der Waals surface area contributed by atoms with Crippen molar-refractivity contribution in [3.8, 4) is 16.9 Å². The highest BCUT2D eigenvalue weighted by Gasteiger charge is 2.29. The van der Waals surface area contributed by atoms with Gasteiger partial charge in [0.15, 0.2) is 5.78 Å². The second kappa shape index (κ2) is 8.48. The number of ether oxygens (including phenoxy) is 1. The third-order valence-electron chi connectivity index (χ3n) is 6.30. The number of benzene rings is 2. The first-order chi connectivity index (χ1) is 15.9. The topological polar surface area (TPSA) is 60.5 Å². The predicted molar refractivity (Wildman–Crippen MR) is 124 cm³/mol. The van der Waals surface area contributed by atoms with Gasteiger partial charge in [-0.2, -0.15) is 0 Å². The van der Waals surface area contributed by atoms with Crippen molar-refractivity contribution in [3.05, 3.63) is 71.5 Å². The fourth-order valence-electron chi connectivity index (χ4n) is 4.47. The van der Waals surface area contributed by atoms with E-state index in [0.29, 0.717) is 24.3 Å². The van der Waals surface area contributed by atoms with E-state index >= 15 is 0 Å². The van der Waals surface area contributed by atoms with Gasteiger partial charge in [-0.15, -0.1) is 0 Å². The zero-order valence-corrected chi connectivity index (χ0v) is 19.0. The number of hydrogen-bond donors (Lipinski definition) is 0. The highest BCUT2D eigenvalue weighted by atomic mass is 19.1. The molecule has 4 aromatic rings. The number of halogens is 1. The van der Waals surface area contributed by atoms with Crippen LogP contribution in [0.2, 0.25) is 0 Å². The van der Waals surface area contributed by atoms with Gasteiger partial charge in [-0.3, -0.25) is 4.79 Å². The van der Waals surface area contributed by atoms with E-state index in [0.717, 1.165) is 46.4 Å². The third kappa shape index (κ3) is 4.04. The average molecular weight is 448 g/mol. The lowest BCUT2D eigenvalue weighted by molar-refractivity contribution is 0.0856. The van der Waals surface area contributed by atoms with Crippen molar-refractivity contribution in [2.24, 2.45) is 5.92 Å². The molecule has 0 bridgehead atoms. The monoisotopic (exact) mass is 447 g/mol. The van der Waals surface area contributed by atoms with Crippen LogP contribution < -0.4 is 4.74 Å². The van der Waals surface area contributed by atoms with Crippen molar-refractivity contribution in [2.45, 2.75) is 19.9 Å². The molecule has 1 atom stereocenters. The Kier molecular flexibility index (Phi) is 5.50. The summed E-state index contributed by atoms with van der Waals surface area (Å²) in [5, 5.41) is 4.90. The van der Waals surface area contributed by atoms with Gasteiger partial charge in [0.05, 0.1) is 18.2 Å². The van der Waals surface area contributed by atoms with E-state index in [2.05, 4.69) is 20.7 Å².